The summed E-state index contributed by atoms with van der Waals surface area (Å²) in [6, 6.07) is 45.7. The summed E-state index contributed by atoms with van der Waals surface area (Å²) >= 11 is 1.62. The van der Waals surface area contributed by atoms with Crippen LogP contribution in [0.4, 0.5) is 0 Å². The molecule has 0 aliphatic carbocycles. The Kier molecular flexibility index (Phi) is 27.5. The van der Waals surface area contributed by atoms with Gasteiger partial charge < -0.3 is 47.8 Å². The fourth-order valence-electron chi connectivity index (χ4n) is 13.4. The molecule has 3 saturated heterocycles. The minimum atomic E-state index is -2.66. The molecule has 89 heavy (non-hydrogen) atoms. The molecule has 15 heteroatoms. The molecule has 5 aromatic rings. The first-order valence-corrected chi connectivity index (χ1v) is 37.2. The third kappa shape index (κ3) is 19.7. The predicted octanol–water partition coefficient (Wildman–Crippen LogP) is 12.6. The number of aromatic nitrogens is 2. The van der Waals surface area contributed by atoms with E-state index in [1.165, 1.54) is 20.7 Å². The van der Waals surface area contributed by atoms with Crippen molar-refractivity contribution in [3.05, 3.63) is 165 Å². The Morgan fingerprint density at radius 3 is 1.42 bits per heavy atom. The van der Waals surface area contributed by atoms with Crippen molar-refractivity contribution in [3.63, 3.8) is 0 Å². The summed E-state index contributed by atoms with van der Waals surface area (Å²) in [5.41, 5.74) is -1.39. The van der Waals surface area contributed by atoms with Crippen LogP contribution in [0.3, 0.4) is 0 Å². The second kappa shape index (κ2) is 33.1. The molecular weight excluding hydrogens is 1160 g/mol. The second-order valence-electron chi connectivity index (χ2n) is 28.5. The number of aliphatic hydroxyl groups excluding tert-OH is 1. The van der Waals surface area contributed by atoms with Crippen LogP contribution in [0.2, 0.25) is 10.1 Å². The molecule has 3 aliphatic rings. The van der Waals surface area contributed by atoms with Crippen LogP contribution < -0.4 is 20.7 Å². The van der Waals surface area contributed by atoms with E-state index in [0.717, 1.165) is 37.3 Å². The SMILES string of the molecule is C=C[C@H](C)[C@@H](O)[C@]1(C[C@@H](C)CO[Si](c2ccccc2)(c2ccccc2)C(C)(C)C)CO1.C=C[C@H](C)[C@@H](OC1C[C@@H](N(C)C)C[C@@H](C)O1)[C@](C)(O)C[C@@H](C)CO[Si](c1ccccc1)(c1ccccc1)C(C)(C)C.C[C@@H]1C[C@H](N(C)C)CC(Sc2ncccn2)O1. The maximum Gasteiger partial charge on any atom is 0.261 e. The Bertz CT molecular complexity index is 2760. The normalized spacial score (nSPS) is 24.3. The van der Waals surface area contributed by atoms with Crippen LogP contribution >= 0.6 is 11.8 Å². The molecule has 2 unspecified atom stereocenters. The zero-order chi connectivity index (χ0) is 65.4. The Balaban J connectivity index is 0.000000230. The molecule has 0 amide bonds. The van der Waals surface area contributed by atoms with Crippen LogP contribution in [0.15, 0.2) is 170 Å². The molecule has 8 rings (SSSR count). The first-order chi connectivity index (χ1) is 42.0. The topological polar surface area (TPSA) is 131 Å². The van der Waals surface area contributed by atoms with Crippen molar-refractivity contribution in [3.8, 4) is 0 Å². The summed E-state index contributed by atoms with van der Waals surface area (Å²) in [7, 11) is 3.26. The minimum absolute atomic E-state index is 0.00676. The van der Waals surface area contributed by atoms with Crippen LogP contribution in [0.5, 0.6) is 0 Å². The molecule has 0 radical (unpaired) electrons. The van der Waals surface area contributed by atoms with Crippen molar-refractivity contribution in [1.29, 1.82) is 0 Å². The molecular formula is C74H112N4O8SSi2. The highest BCUT2D eigenvalue weighted by molar-refractivity contribution is 7.99. The number of benzene rings is 4. The Hall–Kier alpha value is -4.18. The number of epoxide rings is 1. The van der Waals surface area contributed by atoms with E-state index in [1.54, 1.807) is 30.2 Å². The van der Waals surface area contributed by atoms with Gasteiger partial charge in [0.1, 0.15) is 11.0 Å². The number of ether oxygens (including phenoxy) is 4. The second-order valence-corrected chi connectivity index (χ2v) is 38.3. The number of hydrogen-bond acceptors (Lipinski definition) is 13. The van der Waals surface area contributed by atoms with Gasteiger partial charge in [0.05, 0.1) is 36.6 Å². The van der Waals surface area contributed by atoms with E-state index in [4.69, 9.17) is 27.8 Å². The average Bonchev–Trinajstić information content (AvgIpc) is 1.74. The lowest BCUT2D eigenvalue weighted by atomic mass is 9.82. The third-order valence-corrected chi connectivity index (χ3v) is 29.3. The average molecular weight is 1270 g/mol. The van der Waals surface area contributed by atoms with E-state index in [9.17, 15) is 10.2 Å². The van der Waals surface area contributed by atoms with Gasteiger partial charge in [-0.15, -0.1) is 13.2 Å². The van der Waals surface area contributed by atoms with Crippen molar-refractivity contribution >= 4 is 49.1 Å². The molecule has 3 aliphatic heterocycles. The van der Waals surface area contributed by atoms with Gasteiger partial charge in [-0.1, -0.05) is 214 Å². The molecule has 4 heterocycles. The standard InChI is InChI=1S/C35H55NO4Si.C27H38O3Si.C12H19N3OS/c1-11-27(3)33(40-32-23-29(36(9)10)22-28(4)39-32)35(8,37)24-26(2)25-38-41(34(5,6)7,30-18-14-12-15-19-30)31-20-16-13-17-21-31;1-7-22(3)25(28)27(20-29-27)18-21(2)19-30-31(26(4,5)6,23-14-10-8-11-15-23)24-16-12-9-13-17-24;1-9-7-10(15(2)3)8-11(16-9)17-12-13-5-4-6-14-12/h11-21,26-29,32-33,37H,1,22-25H2,2-10H3;7-17,21-22,25,28H,1,18-20H2,2-6H3;4-6,9-11H,7-8H2,1-3H3/t26-,27+,28-,29+,32?,33-,35-;21-,22+,25-,27+;9-,10+,11?/m111/s1. The fourth-order valence-corrected chi connectivity index (χ4v) is 23.9. The highest BCUT2D eigenvalue weighted by Gasteiger charge is 2.55. The van der Waals surface area contributed by atoms with Gasteiger partial charge in [0.2, 0.25) is 0 Å². The molecule has 0 saturated carbocycles. The van der Waals surface area contributed by atoms with Crippen molar-refractivity contribution in [2.24, 2.45) is 23.7 Å². The third-order valence-electron chi connectivity index (χ3n) is 18.3. The molecule has 2 N–H and O–H groups in total. The van der Waals surface area contributed by atoms with Gasteiger partial charge in [0.15, 0.2) is 11.4 Å². The predicted molar refractivity (Wildman–Crippen MR) is 374 cm³/mol. The number of thioether (sulfide) groups is 1. The van der Waals surface area contributed by atoms with E-state index < -0.39 is 40.0 Å². The monoisotopic (exact) mass is 1270 g/mol. The van der Waals surface area contributed by atoms with E-state index in [1.807, 2.05) is 26.0 Å². The van der Waals surface area contributed by atoms with Crippen molar-refractivity contribution in [1.82, 2.24) is 19.8 Å². The van der Waals surface area contributed by atoms with E-state index in [-0.39, 0.29) is 51.6 Å². The van der Waals surface area contributed by atoms with Gasteiger partial charge >= 0.3 is 0 Å². The summed E-state index contributed by atoms with van der Waals surface area (Å²) in [6.07, 6.45) is 11.5. The van der Waals surface area contributed by atoms with Gasteiger partial charge in [-0.05, 0) is 130 Å². The molecule has 0 bridgehead atoms. The van der Waals surface area contributed by atoms with Crippen LogP contribution in [0.25, 0.3) is 0 Å². The Morgan fingerprint density at radius 1 is 0.618 bits per heavy atom. The molecule has 4 aromatic carbocycles. The van der Waals surface area contributed by atoms with E-state index >= 15 is 0 Å². The smallest absolute Gasteiger partial charge is 0.261 e. The minimum Gasteiger partial charge on any atom is -0.407 e. The summed E-state index contributed by atoms with van der Waals surface area (Å²) in [5, 5.41) is 28.5. The van der Waals surface area contributed by atoms with Gasteiger partial charge in [-0.2, -0.15) is 0 Å². The number of aliphatic hydroxyl groups is 2. The van der Waals surface area contributed by atoms with Gasteiger partial charge in [0, 0.05) is 55.9 Å². The van der Waals surface area contributed by atoms with E-state index in [2.05, 4.69) is 259 Å². The first kappa shape index (κ1) is 73.9. The van der Waals surface area contributed by atoms with Crippen LogP contribution in [0.1, 0.15) is 129 Å². The zero-order valence-corrected chi connectivity index (χ0v) is 60.0. The van der Waals surface area contributed by atoms with Gasteiger partial charge in [-0.25, -0.2) is 9.97 Å². The number of rotatable bonds is 26. The summed E-state index contributed by atoms with van der Waals surface area (Å²) in [6.45, 7) is 38.0. The van der Waals surface area contributed by atoms with Crippen LogP contribution in [0, 0.1) is 23.7 Å². The van der Waals surface area contributed by atoms with Gasteiger partial charge in [-0.3, -0.25) is 0 Å². The summed E-state index contributed by atoms with van der Waals surface area (Å²) < 4.78 is 38.7. The quantitative estimate of drug-likeness (QED) is 0.0236. The van der Waals surface area contributed by atoms with Crippen molar-refractivity contribution < 1.29 is 38.0 Å². The van der Waals surface area contributed by atoms with Crippen LogP contribution in [-0.2, 0) is 27.8 Å². The fraction of sp³-hybridized carbons (Fsp3) is 0.568. The molecule has 3 fully saturated rings. The lowest BCUT2D eigenvalue weighted by molar-refractivity contribution is -0.257. The summed E-state index contributed by atoms with van der Waals surface area (Å²) in [4.78, 5) is 13.0. The van der Waals surface area contributed by atoms with Gasteiger partial charge in [0.25, 0.3) is 16.6 Å². The lowest BCUT2D eigenvalue weighted by Gasteiger charge is -2.45. The lowest BCUT2D eigenvalue weighted by Crippen LogP contribution is -2.67. The Labute approximate surface area is 543 Å². The highest BCUT2D eigenvalue weighted by Crippen LogP contribution is 2.43. The molecule has 0 spiro atoms. The molecule has 490 valence electrons. The number of hydrogen-bond donors (Lipinski definition) is 2. The van der Waals surface area contributed by atoms with Crippen molar-refractivity contribution in [2.75, 3.05) is 48.0 Å². The molecule has 1 aromatic heterocycles. The molecule has 12 nitrogen and oxygen atoms in total. The maximum absolute atomic E-state index is 12.0. The number of nitrogens with zero attached hydrogens (tertiary/aromatic N) is 4. The zero-order valence-electron chi connectivity index (χ0n) is 57.2. The maximum atomic E-state index is 12.0. The highest BCUT2D eigenvalue weighted by atomic mass is 32.2. The van der Waals surface area contributed by atoms with Crippen molar-refractivity contribution in [2.45, 2.75) is 203 Å². The largest absolute Gasteiger partial charge is 0.407 e. The first-order valence-electron chi connectivity index (χ1n) is 32.5. The van der Waals surface area contributed by atoms with E-state index in [0.29, 0.717) is 44.4 Å². The Morgan fingerprint density at radius 2 is 1.02 bits per heavy atom. The molecule has 14 atom stereocenters. The summed E-state index contributed by atoms with van der Waals surface area (Å²) in [5.74, 6) is 0.312. The van der Waals surface area contributed by atoms with Crippen LogP contribution in [-0.4, -0.2) is 154 Å².